The van der Waals surface area contributed by atoms with E-state index >= 15 is 0 Å². The van der Waals surface area contributed by atoms with Gasteiger partial charge in [-0.05, 0) is 42.7 Å². The molecule has 0 saturated carbocycles. The van der Waals surface area contributed by atoms with Crippen molar-refractivity contribution in [3.63, 3.8) is 0 Å². The van der Waals surface area contributed by atoms with E-state index in [0.717, 1.165) is 6.42 Å². The first kappa shape index (κ1) is 22.3. The molecule has 3 aromatic rings. The Kier molecular flexibility index (Phi) is 6.83. The van der Waals surface area contributed by atoms with Gasteiger partial charge >= 0.3 is 0 Å². The normalized spacial score (nSPS) is 17.5. The molecule has 0 bridgehead atoms. The number of imidazole rings is 1. The lowest BCUT2D eigenvalue weighted by atomic mass is 9.96. The second-order valence-corrected chi connectivity index (χ2v) is 7.80. The third kappa shape index (κ3) is 4.79. The number of Topliss-reactive ketones (excluding diaryl/α,β-unsaturated/α-hetero) is 1. The van der Waals surface area contributed by atoms with Crippen molar-refractivity contribution in [1.29, 1.82) is 0 Å². The summed E-state index contributed by atoms with van der Waals surface area (Å²) in [5, 5.41) is 11.2. The predicted molar refractivity (Wildman–Crippen MR) is 122 cm³/mol. The maximum absolute atomic E-state index is 13.1. The first-order valence-corrected chi connectivity index (χ1v) is 11.0. The molecule has 8 heteroatoms. The molecule has 33 heavy (non-hydrogen) atoms. The maximum atomic E-state index is 13.1. The highest BCUT2D eigenvalue weighted by Gasteiger charge is 2.45. The number of aromatic nitrogens is 3. The average Bonchev–Trinajstić information content (AvgIpc) is 3.45. The standard InChI is InChI=1S/C25H26N4O4/c1-2-15-33-20-6-3-5-19(16-20)23(30)21-22(18-7-9-26-10-8-18)29(25(32)24(21)31)13-4-12-28-14-11-27-17-28/h3,5-11,14,16-17,22,30H,2,4,12-13,15H2,1H3/b23-21+. The zero-order valence-electron chi connectivity index (χ0n) is 18.4. The second-order valence-electron chi connectivity index (χ2n) is 7.80. The average molecular weight is 447 g/mol. The van der Waals surface area contributed by atoms with Crippen molar-refractivity contribution >= 4 is 17.4 Å². The number of pyridine rings is 1. The van der Waals surface area contributed by atoms with Gasteiger partial charge in [0.15, 0.2) is 0 Å². The highest BCUT2D eigenvalue weighted by Crippen LogP contribution is 2.39. The molecule has 1 aliphatic heterocycles. The predicted octanol–water partition coefficient (Wildman–Crippen LogP) is 3.58. The molecule has 170 valence electrons. The van der Waals surface area contributed by atoms with Gasteiger partial charge in [0.2, 0.25) is 0 Å². The Hall–Kier alpha value is -3.94. The van der Waals surface area contributed by atoms with E-state index in [9.17, 15) is 14.7 Å². The number of ether oxygens (including phenoxy) is 1. The summed E-state index contributed by atoms with van der Waals surface area (Å²) in [5.74, 6) is -0.940. The molecule has 1 N–H and O–H groups in total. The Labute approximate surface area is 192 Å². The summed E-state index contributed by atoms with van der Waals surface area (Å²) >= 11 is 0. The van der Waals surface area contributed by atoms with Crippen molar-refractivity contribution in [2.45, 2.75) is 32.4 Å². The van der Waals surface area contributed by atoms with Gasteiger partial charge in [0.05, 0.1) is 24.5 Å². The molecule has 1 aliphatic rings. The summed E-state index contributed by atoms with van der Waals surface area (Å²) in [6.45, 7) is 3.56. The number of likely N-dealkylation sites (tertiary alicyclic amines) is 1. The van der Waals surface area contributed by atoms with Gasteiger partial charge in [-0.1, -0.05) is 19.1 Å². The van der Waals surface area contributed by atoms with E-state index in [-0.39, 0.29) is 11.3 Å². The summed E-state index contributed by atoms with van der Waals surface area (Å²) in [7, 11) is 0. The molecule has 0 aliphatic carbocycles. The largest absolute Gasteiger partial charge is 0.507 e. The molecule has 0 radical (unpaired) electrons. The van der Waals surface area contributed by atoms with Crippen molar-refractivity contribution in [2.24, 2.45) is 0 Å². The highest BCUT2D eigenvalue weighted by atomic mass is 16.5. The molecule has 1 aromatic carbocycles. The Morgan fingerprint density at radius 2 is 1.91 bits per heavy atom. The molecule has 2 aromatic heterocycles. The van der Waals surface area contributed by atoms with Crippen molar-refractivity contribution in [3.05, 3.63) is 84.2 Å². The number of aryl methyl sites for hydroxylation is 1. The fourth-order valence-electron chi connectivity index (χ4n) is 3.95. The van der Waals surface area contributed by atoms with E-state index in [1.54, 1.807) is 61.3 Å². The number of aliphatic hydroxyl groups excluding tert-OH is 1. The summed E-state index contributed by atoms with van der Waals surface area (Å²) < 4.78 is 7.58. The van der Waals surface area contributed by atoms with Crippen LogP contribution in [0.15, 0.2) is 73.1 Å². The first-order valence-electron chi connectivity index (χ1n) is 11.0. The van der Waals surface area contributed by atoms with Crippen LogP contribution in [0.3, 0.4) is 0 Å². The molecule has 1 saturated heterocycles. The summed E-state index contributed by atoms with van der Waals surface area (Å²) in [5.41, 5.74) is 1.22. The van der Waals surface area contributed by atoms with Gasteiger partial charge in [-0.25, -0.2) is 4.98 Å². The number of hydrogen-bond donors (Lipinski definition) is 1. The van der Waals surface area contributed by atoms with Gasteiger partial charge in [-0.15, -0.1) is 0 Å². The van der Waals surface area contributed by atoms with E-state index in [1.165, 1.54) is 4.90 Å². The smallest absolute Gasteiger partial charge is 0.295 e. The second kappa shape index (κ2) is 10.1. The minimum Gasteiger partial charge on any atom is -0.507 e. The third-order valence-corrected chi connectivity index (χ3v) is 5.52. The lowest BCUT2D eigenvalue weighted by Gasteiger charge is -2.25. The minimum absolute atomic E-state index is 0.0708. The molecule has 1 amide bonds. The topological polar surface area (TPSA) is 97.6 Å². The van der Waals surface area contributed by atoms with Crippen LogP contribution in [-0.4, -0.2) is 49.4 Å². The van der Waals surface area contributed by atoms with Gasteiger partial charge in [0.25, 0.3) is 11.7 Å². The van der Waals surface area contributed by atoms with Gasteiger partial charge in [0, 0.05) is 43.4 Å². The molecule has 1 fully saturated rings. The van der Waals surface area contributed by atoms with E-state index in [4.69, 9.17) is 4.74 Å². The molecule has 1 unspecified atom stereocenters. The number of rotatable bonds is 9. The Morgan fingerprint density at radius 3 is 2.64 bits per heavy atom. The molecule has 1 atom stereocenters. The van der Waals surface area contributed by atoms with Crippen LogP contribution in [0.1, 0.15) is 36.9 Å². The zero-order valence-corrected chi connectivity index (χ0v) is 18.4. The lowest BCUT2D eigenvalue weighted by molar-refractivity contribution is -0.139. The Bertz CT molecular complexity index is 1140. The monoisotopic (exact) mass is 446 g/mol. The molecule has 3 heterocycles. The van der Waals surface area contributed by atoms with Crippen LogP contribution < -0.4 is 4.74 Å². The van der Waals surface area contributed by atoms with Crippen LogP contribution in [0.2, 0.25) is 0 Å². The van der Waals surface area contributed by atoms with E-state index in [1.807, 2.05) is 17.7 Å². The van der Waals surface area contributed by atoms with Crippen molar-refractivity contribution in [3.8, 4) is 5.75 Å². The molecule has 8 nitrogen and oxygen atoms in total. The third-order valence-electron chi connectivity index (χ3n) is 5.52. The van der Waals surface area contributed by atoms with Crippen molar-refractivity contribution < 1.29 is 19.4 Å². The summed E-state index contributed by atoms with van der Waals surface area (Å²) in [6.07, 6.45) is 9.96. The SMILES string of the molecule is CCCOc1cccc(/C(O)=C2\C(=O)C(=O)N(CCCn3ccnc3)C2c2ccncc2)c1. The number of hydrogen-bond acceptors (Lipinski definition) is 6. The number of carbonyl (C=O) groups is 2. The van der Waals surface area contributed by atoms with Gasteiger partial charge in [0.1, 0.15) is 11.5 Å². The number of carbonyl (C=O) groups excluding carboxylic acids is 2. The first-order chi connectivity index (χ1) is 16.1. The van der Waals surface area contributed by atoms with E-state index in [0.29, 0.717) is 43.0 Å². The number of aliphatic hydroxyl groups is 1. The van der Waals surface area contributed by atoms with Crippen molar-refractivity contribution in [1.82, 2.24) is 19.4 Å². The van der Waals surface area contributed by atoms with E-state index in [2.05, 4.69) is 9.97 Å². The molecular weight excluding hydrogens is 420 g/mol. The fourth-order valence-corrected chi connectivity index (χ4v) is 3.95. The number of benzene rings is 1. The van der Waals surface area contributed by atoms with Crippen LogP contribution in [0.5, 0.6) is 5.75 Å². The van der Waals surface area contributed by atoms with Gasteiger partial charge in [-0.3, -0.25) is 14.6 Å². The minimum atomic E-state index is -0.698. The summed E-state index contributed by atoms with van der Waals surface area (Å²) in [6, 6.07) is 9.74. The van der Waals surface area contributed by atoms with Crippen LogP contribution in [0.25, 0.3) is 5.76 Å². The Balaban J connectivity index is 1.69. The number of ketones is 1. The lowest BCUT2D eigenvalue weighted by Crippen LogP contribution is -2.31. The summed E-state index contributed by atoms with van der Waals surface area (Å²) in [4.78, 5) is 35.7. The quantitative estimate of drug-likeness (QED) is 0.307. The zero-order chi connectivity index (χ0) is 23.2. The molecule has 0 spiro atoms. The van der Waals surface area contributed by atoms with Crippen LogP contribution in [0.4, 0.5) is 0 Å². The van der Waals surface area contributed by atoms with Gasteiger partial charge in [-0.2, -0.15) is 0 Å². The van der Waals surface area contributed by atoms with Crippen molar-refractivity contribution in [2.75, 3.05) is 13.2 Å². The molecular formula is C25H26N4O4. The Morgan fingerprint density at radius 1 is 1.09 bits per heavy atom. The molecule has 4 rings (SSSR count). The fraction of sp³-hybridized carbons (Fsp3) is 0.280. The van der Waals surface area contributed by atoms with Crippen LogP contribution in [-0.2, 0) is 16.1 Å². The van der Waals surface area contributed by atoms with Gasteiger partial charge < -0.3 is 19.3 Å². The highest BCUT2D eigenvalue weighted by molar-refractivity contribution is 6.46. The van der Waals surface area contributed by atoms with Crippen LogP contribution in [0, 0.1) is 0 Å². The maximum Gasteiger partial charge on any atom is 0.295 e. The number of amides is 1. The van der Waals surface area contributed by atoms with Crippen LogP contribution >= 0.6 is 0 Å². The number of nitrogens with zero attached hydrogens (tertiary/aromatic N) is 4. The van der Waals surface area contributed by atoms with E-state index < -0.39 is 17.7 Å².